The zero-order chi connectivity index (χ0) is 11.4. The van der Waals surface area contributed by atoms with Gasteiger partial charge in [0.15, 0.2) is 0 Å². The van der Waals surface area contributed by atoms with Crippen molar-refractivity contribution < 1.29 is 14.1 Å². The van der Waals surface area contributed by atoms with Crippen LogP contribution in [0.5, 0.6) is 0 Å². The lowest BCUT2D eigenvalue weighted by Gasteiger charge is -2.20. The average molecular weight is 220 g/mol. The quantitative estimate of drug-likeness (QED) is 0.528. The second-order valence-electron chi connectivity index (χ2n) is 4.67. The van der Waals surface area contributed by atoms with Crippen molar-refractivity contribution in [2.45, 2.75) is 27.2 Å². The van der Waals surface area contributed by atoms with Gasteiger partial charge in [0, 0.05) is 6.16 Å². The van der Waals surface area contributed by atoms with Gasteiger partial charge in [0.05, 0.1) is 19.2 Å². The molecule has 0 fully saturated rings. The maximum absolute atomic E-state index is 11.5. The van der Waals surface area contributed by atoms with Crippen molar-refractivity contribution >= 4 is 13.1 Å². The van der Waals surface area contributed by atoms with Crippen LogP contribution >= 0.6 is 7.14 Å². The van der Waals surface area contributed by atoms with Gasteiger partial charge in [0.1, 0.15) is 0 Å². The molecule has 0 aromatic rings. The van der Waals surface area contributed by atoms with E-state index < -0.39 is 12.6 Å². The maximum atomic E-state index is 11.5. The molecule has 4 heteroatoms. The van der Waals surface area contributed by atoms with Crippen LogP contribution < -0.4 is 0 Å². The van der Waals surface area contributed by atoms with E-state index in [2.05, 4.69) is 0 Å². The van der Waals surface area contributed by atoms with Gasteiger partial charge in [-0.15, -0.1) is 0 Å². The molecule has 0 spiro atoms. The van der Waals surface area contributed by atoms with Crippen LogP contribution in [0, 0.1) is 5.41 Å². The number of hydrogen-bond acceptors (Lipinski definition) is 3. The van der Waals surface area contributed by atoms with Crippen LogP contribution in [0.2, 0.25) is 0 Å². The fraction of sp³-hybridized carbons (Fsp3) is 0.900. The van der Waals surface area contributed by atoms with E-state index in [1.54, 1.807) is 13.3 Å². The molecule has 84 valence electrons. The van der Waals surface area contributed by atoms with Gasteiger partial charge in [0.25, 0.3) is 0 Å². The third-order valence-corrected chi connectivity index (χ3v) is 3.56. The molecule has 0 unspecified atom stereocenters. The number of ether oxygens (including phenoxy) is 1. The Hall–Kier alpha value is -0.300. The van der Waals surface area contributed by atoms with E-state index in [1.807, 2.05) is 20.8 Å². The van der Waals surface area contributed by atoms with Crippen LogP contribution in [0.25, 0.3) is 0 Å². The second kappa shape index (κ2) is 4.97. The van der Waals surface area contributed by atoms with Crippen LogP contribution in [0.3, 0.4) is 0 Å². The van der Waals surface area contributed by atoms with E-state index in [1.165, 1.54) is 0 Å². The average Bonchev–Trinajstić information content (AvgIpc) is 2.02. The van der Waals surface area contributed by atoms with Crippen molar-refractivity contribution in [1.29, 1.82) is 0 Å². The molecule has 0 heterocycles. The molecule has 0 radical (unpaired) electrons. The van der Waals surface area contributed by atoms with Gasteiger partial charge in [-0.05, 0) is 33.6 Å². The predicted octanol–water partition coefficient (Wildman–Crippen LogP) is 2.59. The highest BCUT2D eigenvalue weighted by molar-refractivity contribution is 7.62. The highest BCUT2D eigenvalue weighted by Crippen LogP contribution is 2.35. The monoisotopic (exact) mass is 220 g/mol. The van der Waals surface area contributed by atoms with Gasteiger partial charge in [-0.2, -0.15) is 0 Å². The van der Waals surface area contributed by atoms with Crippen molar-refractivity contribution in [1.82, 2.24) is 0 Å². The highest BCUT2D eigenvalue weighted by atomic mass is 31.2. The third kappa shape index (κ3) is 5.43. The Kier molecular flexibility index (Phi) is 4.87. The topological polar surface area (TPSA) is 43.4 Å². The first-order chi connectivity index (χ1) is 6.19. The minimum absolute atomic E-state index is 0.201. The first-order valence-electron chi connectivity index (χ1n) is 4.90. The summed E-state index contributed by atoms with van der Waals surface area (Å²) in [6.45, 7) is 9.33. The van der Waals surface area contributed by atoms with Gasteiger partial charge < -0.3 is 9.30 Å². The lowest BCUT2D eigenvalue weighted by molar-refractivity contribution is -0.153. The normalized spacial score (nSPS) is 12.6. The lowest BCUT2D eigenvalue weighted by atomic mass is 9.91. The molecule has 0 aliphatic heterocycles. The van der Waals surface area contributed by atoms with Crippen molar-refractivity contribution in [2.75, 3.05) is 26.1 Å². The molecular weight excluding hydrogens is 199 g/mol. The summed E-state index contributed by atoms with van der Waals surface area (Å²) in [4.78, 5) is 11.5. The van der Waals surface area contributed by atoms with Crippen molar-refractivity contribution in [2.24, 2.45) is 5.41 Å². The Morgan fingerprint density at radius 1 is 1.36 bits per heavy atom. The van der Waals surface area contributed by atoms with Crippen molar-refractivity contribution in [3.8, 4) is 0 Å². The number of rotatable bonds is 5. The van der Waals surface area contributed by atoms with E-state index in [9.17, 15) is 9.36 Å². The summed E-state index contributed by atoms with van der Waals surface area (Å²) in [5, 5.41) is 0. The van der Waals surface area contributed by atoms with E-state index in [0.29, 0.717) is 6.16 Å². The molecule has 0 aromatic carbocycles. The fourth-order valence-electron chi connectivity index (χ4n) is 0.698. The Morgan fingerprint density at radius 3 is 2.21 bits per heavy atom. The molecule has 0 aromatic heterocycles. The van der Waals surface area contributed by atoms with E-state index >= 15 is 0 Å². The molecule has 0 N–H and O–H groups in total. The van der Waals surface area contributed by atoms with Crippen LogP contribution in [0.15, 0.2) is 0 Å². The Morgan fingerprint density at radius 2 is 1.86 bits per heavy atom. The van der Waals surface area contributed by atoms with Gasteiger partial charge in [-0.1, -0.05) is 6.92 Å². The minimum Gasteiger partial charge on any atom is -0.465 e. The smallest absolute Gasteiger partial charge is 0.311 e. The van der Waals surface area contributed by atoms with Crippen LogP contribution in [0.1, 0.15) is 27.2 Å². The standard InChI is InChI=1S/C10H21O3P/c1-6-10(2,3)9(11)13-7-8-14(4,5)12/h6-8H2,1-5H3. The highest BCUT2D eigenvalue weighted by Gasteiger charge is 2.27. The predicted molar refractivity (Wildman–Crippen MR) is 59.4 cm³/mol. The molecule has 0 atom stereocenters. The Bertz CT molecular complexity index is 240. The van der Waals surface area contributed by atoms with Gasteiger partial charge >= 0.3 is 5.97 Å². The summed E-state index contributed by atoms with van der Waals surface area (Å²) >= 11 is 0. The van der Waals surface area contributed by atoms with Gasteiger partial charge in [0.2, 0.25) is 0 Å². The van der Waals surface area contributed by atoms with E-state index in [0.717, 1.165) is 6.42 Å². The summed E-state index contributed by atoms with van der Waals surface area (Å²) in [5.41, 5.74) is -0.425. The molecule has 14 heavy (non-hydrogen) atoms. The third-order valence-electron chi connectivity index (χ3n) is 2.30. The molecule has 0 aliphatic carbocycles. The SMILES string of the molecule is CCC(C)(C)C(=O)OCCP(C)(C)=O. The summed E-state index contributed by atoms with van der Waals surface area (Å²) in [7, 11) is -2.06. The summed E-state index contributed by atoms with van der Waals surface area (Å²) in [6.07, 6.45) is 1.22. The van der Waals surface area contributed by atoms with Crippen LogP contribution in [0.4, 0.5) is 0 Å². The molecule has 3 nitrogen and oxygen atoms in total. The number of esters is 1. The van der Waals surface area contributed by atoms with Crippen molar-refractivity contribution in [3.05, 3.63) is 0 Å². The van der Waals surface area contributed by atoms with Gasteiger partial charge in [-0.25, -0.2) is 0 Å². The Labute approximate surface area is 86.6 Å². The maximum Gasteiger partial charge on any atom is 0.311 e. The molecule has 0 rings (SSSR count). The Balaban J connectivity index is 3.93. The zero-order valence-electron chi connectivity index (χ0n) is 9.79. The summed E-state index contributed by atoms with van der Waals surface area (Å²) in [5.74, 6) is -0.201. The molecule has 0 amide bonds. The number of carbonyl (C=O) groups is 1. The largest absolute Gasteiger partial charge is 0.465 e. The molecule has 0 aliphatic rings. The molecular formula is C10H21O3P. The van der Waals surface area contributed by atoms with Crippen LogP contribution in [-0.4, -0.2) is 32.1 Å². The van der Waals surface area contributed by atoms with Crippen molar-refractivity contribution in [3.63, 3.8) is 0 Å². The lowest BCUT2D eigenvalue weighted by Crippen LogP contribution is -2.26. The number of carbonyl (C=O) groups excluding carboxylic acids is 1. The summed E-state index contributed by atoms with van der Waals surface area (Å²) < 4.78 is 16.4. The van der Waals surface area contributed by atoms with Crippen LogP contribution in [-0.2, 0) is 14.1 Å². The first-order valence-corrected chi connectivity index (χ1v) is 7.69. The minimum atomic E-state index is -2.06. The second-order valence-corrected chi connectivity index (χ2v) is 8.27. The van der Waals surface area contributed by atoms with E-state index in [4.69, 9.17) is 4.74 Å². The molecule has 0 saturated carbocycles. The summed E-state index contributed by atoms with van der Waals surface area (Å²) in [6, 6.07) is 0. The molecule has 0 saturated heterocycles. The van der Waals surface area contributed by atoms with E-state index in [-0.39, 0.29) is 12.6 Å². The fourth-order valence-corrected chi connectivity index (χ4v) is 1.23. The number of hydrogen-bond donors (Lipinski definition) is 0. The first kappa shape index (κ1) is 13.7. The molecule has 0 bridgehead atoms. The van der Waals surface area contributed by atoms with Gasteiger partial charge in [-0.3, -0.25) is 4.79 Å². The zero-order valence-corrected chi connectivity index (χ0v) is 10.7.